The van der Waals surface area contributed by atoms with Crippen LogP contribution in [0.1, 0.15) is 33.9 Å². The lowest BCUT2D eigenvalue weighted by Crippen LogP contribution is -2.51. The van der Waals surface area contributed by atoms with Crippen LogP contribution in [-0.2, 0) is 23.4 Å². The first-order chi connectivity index (χ1) is 17.8. The van der Waals surface area contributed by atoms with Gasteiger partial charge in [-0.25, -0.2) is 13.8 Å². The third-order valence-corrected chi connectivity index (χ3v) is 7.41. The summed E-state index contributed by atoms with van der Waals surface area (Å²) in [5.74, 6) is -0.713. The minimum absolute atomic E-state index is 0.114. The summed E-state index contributed by atoms with van der Waals surface area (Å²) < 4.78 is 50.7. The molecule has 1 aliphatic heterocycles. The van der Waals surface area contributed by atoms with Gasteiger partial charge in [-0.1, -0.05) is 18.2 Å². The molecule has 3 rings (SSSR count). The second-order valence-corrected chi connectivity index (χ2v) is 10.8. The number of hydrogen-bond donors (Lipinski definition) is 4. The number of hydrogen-bond acceptors (Lipinski definition) is 11. The number of para-hydroxylation sites is 1. The van der Waals surface area contributed by atoms with Gasteiger partial charge in [-0.3, -0.25) is 13.9 Å². The van der Waals surface area contributed by atoms with E-state index >= 15 is 0 Å². The Balaban J connectivity index is 1.88. The van der Waals surface area contributed by atoms with Crippen LogP contribution in [0.25, 0.3) is 0 Å². The molecule has 38 heavy (non-hydrogen) atoms. The molecule has 2 aromatic rings. The number of carbonyl (C=O) groups is 1. The van der Waals surface area contributed by atoms with Crippen LogP contribution in [0, 0.1) is 0 Å². The van der Waals surface area contributed by atoms with Crippen LogP contribution in [-0.4, -0.2) is 68.5 Å². The van der Waals surface area contributed by atoms with E-state index in [1.54, 1.807) is 32.0 Å². The highest BCUT2D eigenvalue weighted by Gasteiger charge is 2.59. The summed E-state index contributed by atoms with van der Waals surface area (Å²) in [6.45, 7) is 4.50. The van der Waals surface area contributed by atoms with E-state index < -0.39 is 68.4 Å². The van der Waals surface area contributed by atoms with Crippen molar-refractivity contribution in [2.45, 2.75) is 70.0 Å². The van der Waals surface area contributed by atoms with E-state index in [9.17, 15) is 28.8 Å². The first kappa shape index (κ1) is 29.7. The topological polar surface area (TPSA) is 184 Å². The molecule has 1 aromatic carbocycles. The van der Waals surface area contributed by atoms with Gasteiger partial charge in [0, 0.05) is 6.20 Å². The SMILES string of the molecule is CC(C)OC(=O)[C@H](C)N[P@](=O)(Oc1ccccc1)O[C@H](C)[C@H]1O[C@@H](n2ccc(N)nc2=O)[C@@](O)(CF)C1O. The number of rotatable bonds is 11. The van der Waals surface area contributed by atoms with E-state index in [0.29, 0.717) is 0 Å². The minimum Gasteiger partial charge on any atom is -0.462 e. The van der Waals surface area contributed by atoms with Gasteiger partial charge in [-0.05, 0) is 45.9 Å². The Hall–Kier alpha value is -2.87. The molecule has 1 saturated heterocycles. The summed E-state index contributed by atoms with van der Waals surface area (Å²) in [5.41, 5.74) is 1.95. The lowest BCUT2D eigenvalue weighted by molar-refractivity contribution is -0.149. The van der Waals surface area contributed by atoms with Crippen LogP contribution < -0.4 is 21.0 Å². The zero-order valence-electron chi connectivity index (χ0n) is 21.3. The van der Waals surface area contributed by atoms with E-state index in [1.165, 1.54) is 32.0 Å². The number of aromatic nitrogens is 2. The largest absolute Gasteiger partial charge is 0.462 e. The normalized spacial score (nSPS) is 26.5. The monoisotopic (exact) mass is 558 g/mol. The molecule has 1 fully saturated rings. The summed E-state index contributed by atoms with van der Waals surface area (Å²) in [5, 5.41) is 24.3. The molecule has 0 saturated carbocycles. The van der Waals surface area contributed by atoms with Crippen molar-refractivity contribution in [2.24, 2.45) is 0 Å². The van der Waals surface area contributed by atoms with Gasteiger partial charge in [0.2, 0.25) is 0 Å². The molecule has 0 spiro atoms. The predicted octanol–water partition coefficient (Wildman–Crippen LogP) is 1.31. The lowest BCUT2D eigenvalue weighted by Gasteiger charge is -2.30. The van der Waals surface area contributed by atoms with Crippen LogP contribution in [0.15, 0.2) is 47.4 Å². The standard InChI is InChI=1S/C23H32FN4O9P/c1-13(2)34-20(30)14(3)27-38(33,37-16-8-6-5-7-9-16)36-15(4)18-19(29)23(32,12-24)21(35-18)28-11-10-17(25)26-22(28)31/h5-11,13-15,18-19,21,29,32H,12H2,1-4H3,(H,27,33)(H2,25,26,31)/t14-,15+,18+,19?,21+,23+,38+/m0/s1. The highest BCUT2D eigenvalue weighted by molar-refractivity contribution is 7.52. The van der Waals surface area contributed by atoms with Crippen molar-refractivity contribution in [3.05, 3.63) is 53.1 Å². The molecule has 0 bridgehead atoms. The highest BCUT2D eigenvalue weighted by atomic mass is 31.2. The van der Waals surface area contributed by atoms with Gasteiger partial charge < -0.3 is 29.9 Å². The number of nitrogen functional groups attached to an aromatic ring is 1. The van der Waals surface area contributed by atoms with Crippen molar-refractivity contribution in [3.63, 3.8) is 0 Å². The molecule has 15 heteroatoms. The molecule has 210 valence electrons. The molecule has 1 unspecified atom stereocenters. The Bertz CT molecular complexity index is 1220. The molecule has 5 N–H and O–H groups in total. The molecular formula is C23H32FN4O9P. The fourth-order valence-electron chi connectivity index (χ4n) is 3.80. The number of aliphatic hydroxyl groups excluding tert-OH is 1. The number of ether oxygens (including phenoxy) is 2. The molecule has 0 aliphatic carbocycles. The summed E-state index contributed by atoms with van der Waals surface area (Å²) in [6, 6.07) is 8.01. The molecule has 1 aromatic heterocycles. The Labute approximate surface area is 218 Å². The number of nitrogens with zero attached hydrogens (tertiary/aromatic N) is 2. The number of esters is 1. The second-order valence-electron chi connectivity index (χ2n) is 9.11. The maximum atomic E-state index is 14.1. The Kier molecular flexibility index (Phi) is 9.29. The number of alkyl halides is 1. The number of benzene rings is 1. The minimum atomic E-state index is -4.40. The first-order valence-corrected chi connectivity index (χ1v) is 13.3. The first-order valence-electron chi connectivity index (χ1n) is 11.8. The highest BCUT2D eigenvalue weighted by Crippen LogP contribution is 2.49. The van der Waals surface area contributed by atoms with Gasteiger partial charge in [0.1, 0.15) is 36.5 Å². The van der Waals surface area contributed by atoms with E-state index in [2.05, 4.69) is 10.1 Å². The van der Waals surface area contributed by atoms with Gasteiger partial charge in [0.05, 0.1) is 12.2 Å². The summed E-state index contributed by atoms with van der Waals surface area (Å²) in [7, 11) is -4.40. The molecule has 2 heterocycles. The number of aliphatic hydroxyl groups is 2. The number of anilines is 1. The van der Waals surface area contributed by atoms with Crippen molar-refractivity contribution >= 4 is 19.5 Å². The van der Waals surface area contributed by atoms with Gasteiger partial charge in [-0.2, -0.15) is 10.1 Å². The van der Waals surface area contributed by atoms with E-state index in [1.807, 2.05) is 0 Å². The van der Waals surface area contributed by atoms with Crippen LogP contribution in [0.3, 0.4) is 0 Å². The fraction of sp³-hybridized carbons (Fsp3) is 0.522. The van der Waals surface area contributed by atoms with Gasteiger partial charge in [0.15, 0.2) is 11.8 Å². The van der Waals surface area contributed by atoms with Gasteiger partial charge >= 0.3 is 19.4 Å². The molecule has 1 aliphatic rings. The third kappa shape index (κ3) is 6.57. The van der Waals surface area contributed by atoms with Crippen molar-refractivity contribution in [1.29, 1.82) is 0 Å². The van der Waals surface area contributed by atoms with Crippen LogP contribution in [0.2, 0.25) is 0 Å². The van der Waals surface area contributed by atoms with Gasteiger partial charge in [0.25, 0.3) is 0 Å². The zero-order chi connectivity index (χ0) is 28.3. The van der Waals surface area contributed by atoms with Crippen molar-refractivity contribution < 1.29 is 42.5 Å². The summed E-state index contributed by atoms with van der Waals surface area (Å²) in [4.78, 5) is 28.2. The van der Waals surface area contributed by atoms with E-state index in [0.717, 1.165) is 10.8 Å². The van der Waals surface area contributed by atoms with Crippen molar-refractivity contribution in [3.8, 4) is 5.75 Å². The van der Waals surface area contributed by atoms with E-state index in [-0.39, 0.29) is 11.6 Å². The maximum absolute atomic E-state index is 14.1. The third-order valence-electron chi connectivity index (χ3n) is 5.65. The van der Waals surface area contributed by atoms with Crippen molar-refractivity contribution in [2.75, 3.05) is 12.4 Å². The number of halogens is 1. The van der Waals surface area contributed by atoms with Gasteiger partial charge in [-0.15, -0.1) is 0 Å². The summed E-state index contributed by atoms with van der Waals surface area (Å²) >= 11 is 0. The molecule has 13 nitrogen and oxygen atoms in total. The zero-order valence-corrected chi connectivity index (χ0v) is 22.2. The van der Waals surface area contributed by atoms with Crippen LogP contribution >= 0.6 is 7.75 Å². The van der Waals surface area contributed by atoms with Crippen LogP contribution in [0.4, 0.5) is 10.2 Å². The second kappa shape index (κ2) is 11.9. The number of nitrogens with one attached hydrogen (secondary N) is 1. The maximum Gasteiger partial charge on any atom is 0.459 e. The number of carbonyl (C=O) groups excluding carboxylic acids is 1. The average molecular weight is 559 g/mol. The summed E-state index contributed by atoms with van der Waals surface area (Å²) in [6.07, 6.45) is -5.81. The quantitative estimate of drug-likeness (QED) is 0.229. The smallest absolute Gasteiger partial charge is 0.459 e. The lowest BCUT2D eigenvalue weighted by atomic mass is 9.93. The van der Waals surface area contributed by atoms with Crippen molar-refractivity contribution in [1.82, 2.24) is 14.6 Å². The molecule has 0 amide bonds. The van der Waals surface area contributed by atoms with E-state index in [4.69, 9.17) is 24.3 Å². The molecule has 0 radical (unpaired) electrons. The number of nitrogens with two attached hydrogens (primary N) is 1. The fourth-order valence-corrected chi connectivity index (χ4v) is 5.49. The Morgan fingerprint density at radius 3 is 2.53 bits per heavy atom. The molecular weight excluding hydrogens is 526 g/mol. The Morgan fingerprint density at radius 1 is 1.29 bits per heavy atom. The van der Waals surface area contributed by atoms with Crippen LogP contribution in [0.5, 0.6) is 5.75 Å². The predicted molar refractivity (Wildman–Crippen MR) is 133 cm³/mol. The Morgan fingerprint density at radius 2 is 1.95 bits per heavy atom. The average Bonchev–Trinajstić information content (AvgIpc) is 3.10. The molecule has 7 atom stereocenters.